The Morgan fingerprint density at radius 1 is 1.19 bits per heavy atom. The van der Waals surface area contributed by atoms with E-state index in [-0.39, 0.29) is 35.5 Å². The van der Waals surface area contributed by atoms with E-state index >= 15 is 0 Å². The Kier molecular flexibility index (Phi) is 4.98. The number of carbonyl (C=O) groups excluding carboxylic acids is 1. The summed E-state index contributed by atoms with van der Waals surface area (Å²) >= 11 is 0. The van der Waals surface area contributed by atoms with E-state index < -0.39 is 10.2 Å². The molecule has 3 aliphatic heterocycles. The first kappa shape index (κ1) is 19.1. The van der Waals surface area contributed by atoms with Crippen LogP contribution < -0.4 is 5.56 Å². The van der Waals surface area contributed by atoms with E-state index in [1.165, 1.54) is 22.7 Å². The Hall–Kier alpha value is -1.71. The molecule has 4 rings (SSSR count). The van der Waals surface area contributed by atoms with Gasteiger partial charge in [-0.1, -0.05) is 0 Å². The number of fused-ring (bicyclic) bond motifs is 4. The summed E-state index contributed by atoms with van der Waals surface area (Å²) < 4.78 is 27.8. The molecule has 1 aromatic rings. The van der Waals surface area contributed by atoms with Crippen molar-refractivity contribution in [2.24, 2.45) is 5.92 Å². The number of rotatable bonds is 3. The molecular formula is C17H26N4O4S. The molecule has 1 N–H and O–H groups in total. The Balaban J connectivity index is 1.92. The predicted molar refractivity (Wildman–Crippen MR) is 98.3 cm³/mol. The lowest BCUT2D eigenvalue weighted by Crippen LogP contribution is -2.49. The number of H-pyrrole nitrogens is 1. The molecule has 144 valence electrons. The number of amides is 1. The molecule has 0 saturated carbocycles. The Labute approximate surface area is 154 Å². The van der Waals surface area contributed by atoms with Crippen molar-refractivity contribution in [3.63, 3.8) is 0 Å². The van der Waals surface area contributed by atoms with Gasteiger partial charge in [-0.2, -0.15) is 17.0 Å². The summed E-state index contributed by atoms with van der Waals surface area (Å²) in [6.07, 6.45) is 1.63. The highest BCUT2D eigenvalue weighted by molar-refractivity contribution is 7.86. The van der Waals surface area contributed by atoms with Crippen molar-refractivity contribution in [3.05, 3.63) is 33.2 Å². The molecule has 0 aliphatic carbocycles. The number of nitrogens with one attached hydrogen (secondary N) is 1. The third-order valence-corrected chi connectivity index (χ3v) is 7.18. The van der Waals surface area contributed by atoms with E-state index in [1.54, 1.807) is 24.8 Å². The number of aryl methyl sites for hydroxylation is 2. The molecule has 3 saturated heterocycles. The number of aromatic nitrogens is 1. The van der Waals surface area contributed by atoms with Gasteiger partial charge in [0.1, 0.15) is 5.56 Å². The topological polar surface area (TPSA) is 93.8 Å². The van der Waals surface area contributed by atoms with E-state index in [1.807, 2.05) is 0 Å². The first-order chi connectivity index (χ1) is 12.1. The van der Waals surface area contributed by atoms with Crippen LogP contribution in [0.15, 0.2) is 10.9 Å². The van der Waals surface area contributed by atoms with Crippen LogP contribution in [0.3, 0.4) is 0 Å². The van der Waals surface area contributed by atoms with Crippen LogP contribution in [0.25, 0.3) is 0 Å². The Bertz CT molecular complexity index is 877. The zero-order chi connectivity index (χ0) is 19.2. The van der Waals surface area contributed by atoms with Crippen LogP contribution >= 0.6 is 0 Å². The van der Waals surface area contributed by atoms with Gasteiger partial charge in [0.15, 0.2) is 0 Å². The second-order valence-corrected chi connectivity index (χ2v) is 9.64. The molecule has 4 heterocycles. The molecular weight excluding hydrogens is 356 g/mol. The second-order valence-electron chi connectivity index (χ2n) is 7.50. The van der Waals surface area contributed by atoms with Gasteiger partial charge in [-0.15, -0.1) is 0 Å². The SMILES string of the molecule is Cc1cc(C)c(C(=O)N2C[C@H]3CC[C@@H]2CN(S(=O)(=O)N(C)C)C3)c(=O)[nH]1. The first-order valence-corrected chi connectivity index (χ1v) is 10.2. The standard InChI is InChI=1S/C17H26N4O4S/c1-11-7-12(2)18-16(22)15(11)17(23)21-9-13-5-6-14(21)10-20(8-13)26(24,25)19(3)4/h7,13-14H,5-6,8-10H2,1-4H3,(H,18,22)/t13-,14+/m0/s1. The minimum absolute atomic E-state index is 0.0808. The molecule has 3 aliphatic rings. The van der Waals surface area contributed by atoms with Crippen molar-refractivity contribution in [1.82, 2.24) is 18.5 Å². The van der Waals surface area contributed by atoms with Crippen molar-refractivity contribution in [3.8, 4) is 0 Å². The molecule has 1 amide bonds. The van der Waals surface area contributed by atoms with Gasteiger partial charge >= 0.3 is 0 Å². The third-order valence-electron chi connectivity index (χ3n) is 5.31. The first-order valence-electron chi connectivity index (χ1n) is 8.80. The van der Waals surface area contributed by atoms with E-state index in [2.05, 4.69) is 4.98 Å². The minimum atomic E-state index is -3.52. The molecule has 3 fully saturated rings. The zero-order valence-corrected chi connectivity index (χ0v) is 16.5. The van der Waals surface area contributed by atoms with Gasteiger partial charge in [0.25, 0.3) is 21.7 Å². The van der Waals surface area contributed by atoms with Gasteiger partial charge in [0.05, 0.1) is 0 Å². The molecule has 9 heteroatoms. The summed E-state index contributed by atoms with van der Waals surface area (Å²) in [4.78, 5) is 29.8. The van der Waals surface area contributed by atoms with E-state index in [4.69, 9.17) is 0 Å². The summed E-state index contributed by atoms with van der Waals surface area (Å²) in [5.74, 6) is -0.222. The summed E-state index contributed by atoms with van der Waals surface area (Å²) in [6, 6.07) is 1.57. The van der Waals surface area contributed by atoms with Gasteiger partial charge in [-0.3, -0.25) is 9.59 Å². The van der Waals surface area contributed by atoms with Gasteiger partial charge in [-0.25, -0.2) is 0 Å². The smallest absolute Gasteiger partial charge is 0.281 e. The summed E-state index contributed by atoms with van der Waals surface area (Å²) in [5, 5.41) is 0. The van der Waals surface area contributed by atoms with Crippen LogP contribution in [-0.4, -0.2) is 72.6 Å². The lowest BCUT2D eigenvalue weighted by atomic mass is 9.94. The average Bonchev–Trinajstić information content (AvgIpc) is 2.85. The van der Waals surface area contributed by atoms with Gasteiger partial charge in [-0.05, 0) is 44.2 Å². The normalized spacial score (nSPS) is 24.1. The number of piperidine rings is 1. The fourth-order valence-corrected chi connectivity index (χ4v) is 5.19. The van der Waals surface area contributed by atoms with E-state index in [9.17, 15) is 18.0 Å². The molecule has 2 bridgehead atoms. The highest BCUT2D eigenvalue weighted by Crippen LogP contribution is 2.30. The maximum absolute atomic E-state index is 13.1. The van der Waals surface area contributed by atoms with Gasteiger partial charge in [0, 0.05) is 45.5 Å². The molecule has 0 aromatic carbocycles. The highest BCUT2D eigenvalue weighted by atomic mass is 32.2. The van der Waals surface area contributed by atoms with Crippen LogP contribution in [0, 0.1) is 19.8 Å². The number of aromatic amines is 1. The number of carbonyl (C=O) groups is 1. The number of hydrogen-bond donors (Lipinski definition) is 1. The fourth-order valence-electron chi connectivity index (χ4n) is 3.97. The van der Waals surface area contributed by atoms with Crippen molar-refractivity contribution in [2.75, 3.05) is 33.7 Å². The monoisotopic (exact) mass is 382 g/mol. The van der Waals surface area contributed by atoms with Crippen LogP contribution in [-0.2, 0) is 10.2 Å². The van der Waals surface area contributed by atoms with Crippen molar-refractivity contribution >= 4 is 16.1 Å². The molecule has 0 spiro atoms. The summed E-state index contributed by atoms with van der Waals surface area (Å²) in [6.45, 7) is 4.69. The quantitative estimate of drug-likeness (QED) is 0.815. The predicted octanol–water partition coefficient (Wildman–Crippen LogP) is 0.335. The minimum Gasteiger partial charge on any atom is -0.334 e. The molecule has 1 aromatic heterocycles. The van der Waals surface area contributed by atoms with Crippen molar-refractivity contribution in [2.45, 2.75) is 32.7 Å². The van der Waals surface area contributed by atoms with E-state index in [0.717, 1.165) is 12.8 Å². The maximum atomic E-state index is 13.1. The Morgan fingerprint density at radius 3 is 2.50 bits per heavy atom. The fraction of sp³-hybridized carbons (Fsp3) is 0.647. The van der Waals surface area contributed by atoms with Crippen LogP contribution in [0.2, 0.25) is 0 Å². The number of hydrogen-bond acceptors (Lipinski definition) is 4. The third kappa shape index (κ3) is 3.30. The van der Waals surface area contributed by atoms with Crippen LogP contribution in [0.5, 0.6) is 0 Å². The Morgan fingerprint density at radius 2 is 1.88 bits per heavy atom. The van der Waals surface area contributed by atoms with Crippen molar-refractivity contribution < 1.29 is 13.2 Å². The van der Waals surface area contributed by atoms with Crippen molar-refractivity contribution in [1.29, 1.82) is 0 Å². The summed E-state index contributed by atoms with van der Waals surface area (Å²) in [5.41, 5.74) is 1.13. The average molecular weight is 382 g/mol. The molecule has 8 nitrogen and oxygen atoms in total. The van der Waals surface area contributed by atoms with E-state index in [0.29, 0.717) is 24.3 Å². The number of pyridine rings is 1. The van der Waals surface area contributed by atoms with Crippen LogP contribution in [0.1, 0.15) is 34.5 Å². The maximum Gasteiger partial charge on any atom is 0.281 e. The highest BCUT2D eigenvalue weighted by Gasteiger charge is 2.42. The lowest BCUT2D eigenvalue weighted by molar-refractivity contribution is 0.0586. The molecule has 0 unspecified atom stereocenters. The van der Waals surface area contributed by atoms with Gasteiger partial charge in [0.2, 0.25) is 0 Å². The zero-order valence-electron chi connectivity index (χ0n) is 15.7. The summed E-state index contributed by atoms with van der Waals surface area (Å²) in [7, 11) is -0.496. The van der Waals surface area contributed by atoms with Crippen LogP contribution in [0.4, 0.5) is 0 Å². The number of nitrogens with zero attached hydrogens (tertiary/aromatic N) is 3. The largest absolute Gasteiger partial charge is 0.334 e. The van der Waals surface area contributed by atoms with Gasteiger partial charge < -0.3 is 9.88 Å². The lowest BCUT2D eigenvalue weighted by Gasteiger charge is -2.36. The second kappa shape index (κ2) is 6.79. The molecule has 0 radical (unpaired) electrons. The molecule has 2 atom stereocenters. The molecule has 26 heavy (non-hydrogen) atoms.